The van der Waals surface area contributed by atoms with Gasteiger partial charge < -0.3 is 19.2 Å². The molecule has 0 radical (unpaired) electrons. The van der Waals surface area contributed by atoms with Crippen molar-refractivity contribution in [3.05, 3.63) is 30.3 Å². The molecule has 0 saturated heterocycles. The van der Waals surface area contributed by atoms with Crippen molar-refractivity contribution in [1.82, 2.24) is 10.3 Å². The zero-order valence-electron chi connectivity index (χ0n) is 12.3. The molecule has 5 heteroatoms. The summed E-state index contributed by atoms with van der Waals surface area (Å²) in [6, 6.07) is 5.65. The maximum absolute atomic E-state index is 5.82. The fraction of sp³-hybridized carbons (Fsp3) is 0.400. The summed E-state index contributed by atoms with van der Waals surface area (Å²) in [5.74, 6) is 2.80. The van der Waals surface area contributed by atoms with Gasteiger partial charge in [0.05, 0.1) is 32.0 Å². The van der Waals surface area contributed by atoms with Gasteiger partial charge in [-0.3, -0.25) is 0 Å². The van der Waals surface area contributed by atoms with E-state index >= 15 is 0 Å². The summed E-state index contributed by atoms with van der Waals surface area (Å²) >= 11 is 0. The van der Waals surface area contributed by atoms with Crippen LogP contribution in [0.25, 0.3) is 11.3 Å². The van der Waals surface area contributed by atoms with Crippen molar-refractivity contribution in [1.29, 1.82) is 0 Å². The minimum absolute atomic E-state index is 0.0744. The van der Waals surface area contributed by atoms with Crippen LogP contribution in [0.15, 0.2) is 28.8 Å². The van der Waals surface area contributed by atoms with Crippen LogP contribution in [-0.2, 0) is 0 Å². The van der Waals surface area contributed by atoms with Crippen LogP contribution in [0.1, 0.15) is 25.8 Å². The molecule has 1 atom stereocenters. The number of benzene rings is 1. The molecular formula is C15H20N2O3. The lowest BCUT2D eigenvalue weighted by Gasteiger charge is -2.09. The summed E-state index contributed by atoms with van der Waals surface area (Å²) in [7, 11) is 3.26. The molecule has 0 fully saturated rings. The van der Waals surface area contributed by atoms with Gasteiger partial charge in [-0.25, -0.2) is 4.98 Å². The van der Waals surface area contributed by atoms with Crippen LogP contribution < -0.4 is 14.8 Å². The van der Waals surface area contributed by atoms with E-state index in [-0.39, 0.29) is 6.04 Å². The van der Waals surface area contributed by atoms with Crippen LogP contribution in [0.4, 0.5) is 0 Å². The molecule has 0 spiro atoms. The molecule has 0 bridgehead atoms. The first kappa shape index (κ1) is 14.4. The van der Waals surface area contributed by atoms with Crippen molar-refractivity contribution < 1.29 is 13.9 Å². The molecule has 108 valence electrons. The van der Waals surface area contributed by atoms with Crippen molar-refractivity contribution in [2.45, 2.75) is 19.9 Å². The predicted octanol–water partition coefficient (Wildman–Crippen LogP) is 3.03. The fourth-order valence-corrected chi connectivity index (χ4v) is 2.01. The van der Waals surface area contributed by atoms with Gasteiger partial charge in [-0.15, -0.1) is 0 Å². The minimum atomic E-state index is 0.0744. The molecular weight excluding hydrogens is 256 g/mol. The Kier molecular flexibility index (Phi) is 4.63. The lowest BCUT2D eigenvalue weighted by Crippen LogP contribution is -2.17. The van der Waals surface area contributed by atoms with E-state index in [1.165, 1.54) is 0 Å². The predicted molar refractivity (Wildman–Crippen MR) is 77.1 cm³/mol. The second-order valence-electron chi connectivity index (χ2n) is 4.41. The zero-order chi connectivity index (χ0) is 14.5. The van der Waals surface area contributed by atoms with E-state index in [4.69, 9.17) is 13.9 Å². The average Bonchev–Trinajstić information content (AvgIpc) is 2.96. The third-order valence-corrected chi connectivity index (χ3v) is 3.08. The Morgan fingerprint density at radius 2 is 2.10 bits per heavy atom. The van der Waals surface area contributed by atoms with Crippen molar-refractivity contribution in [2.24, 2.45) is 0 Å². The van der Waals surface area contributed by atoms with Gasteiger partial charge in [-0.05, 0) is 31.7 Å². The van der Waals surface area contributed by atoms with Gasteiger partial charge in [-0.1, -0.05) is 6.92 Å². The van der Waals surface area contributed by atoms with Crippen LogP contribution in [0.2, 0.25) is 0 Å². The van der Waals surface area contributed by atoms with Crippen LogP contribution in [0.3, 0.4) is 0 Å². The normalized spacial score (nSPS) is 12.2. The smallest absolute Gasteiger partial charge is 0.211 e. The highest BCUT2D eigenvalue weighted by molar-refractivity contribution is 5.67. The van der Waals surface area contributed by atoms with E-state index in [0.717, 1.165) is 23.6 Å². The van der Waals surface area contributed by atoms with Gasteiger partial charge in [0.1, 0.15) is 11.5 Å². The average molecular weight is 276 g/mol. The maximum atomic E-state index is 5.82. The monoisotopic (exact) mass is 276 g/mol. The molecule has 0 saturated carbocycles. The Bertz CT molecular complexity index is 566. The van der Waals surface area contributed by atoms with Crippen molar-refractivity contribution in [3.8, 4) is 22.8 Å². The van der Waals surface area contributed by atoms with Gasteiger partial charge in [0.25, 0.3) is 0 Å². The van der Waals surface area contributed by atoms with E-state index in [0.29, 0.717) is 11.7 Å². The summed E-state index contributed by atoms with van der Waals surface area (Å²) < 4.78 is 16.4. The summed E-state index contributed by atoms with van der Waals surface area (Å²) in [5.41, 5.74) is 0.828. The first-order valence-corrected chi connectivity index (χ1v) is 6.61. The highest BCUT2D eigenvalue weighted by Crippen LogP contribution is 2.34. The maximum Gasteiger partial charge on any atom is 0.211 e. The van der Waals surface area contributed by atoms with Crippen molar-refractivity contribution in [2.75, 3.05) is 20.8 Å². The molecule has 20 heavy (non-hydrogen) atoms. The summed E-state index contributed by atoms with van der Waals surface area (Å²) in [6.45, 7) is 4.93. The molecule has 1 aromatic carbocycles. The minimum Gasteiger partial charge on any atom is -0.497 e. The molecule has 0 aliphatic rings. The van der Waals surface area contributed by atoms with E-state index in [9.17, 15) is 0 Å². The Hall–Kier alpha value is -2.01. The number of nitrogens with one attached hydrogen (secondary N) is 1. The topological polar surface area (TPSA) is 56.5 Å². The number of hydrogen-bond acceptors (Lipinski definition) is 5. The van der Waals surface area contributed by atoms with Crippen LogP contribution in [0.5, 0.6) is 11.5 Å². The Balaban J connectivity index is 2.35. The summed E-state index contributed by atoms with van der Waals surface area (Å²) in [5, 5.41) is 3.27. The molecule has 0 aliphatic carbocycles. The number of nitrogens with zero attached hydrogens (tertiary/aromatic N) is 1. The lowest BCUT2D eigenvalue weighted by atomic mass is 10.1. The lowest BCUT2D eigenvalue weighted by molar-refractivity contribution is 0.399. The second kappa shape index (κ2) is 6.43. The SMILES string of the molecule is CCNC(C)c1ncc(-c2cc(OC)ccc2OC)o1. The number of aromatic nitrogens is 1. The number of hydrogen-bond donors (Lipinski definition) is 1. The molecule has 2 rings (SSSR count). The van der Waals surface area contributed by atoms with Gasteiger partial charge >= 0.3 is 0 Å². The second-order valence-corrected chi connectivity index (χ2v) is 4.41. The van der Waals surface area contributed by atoms with Gasteiger partial charge in [-0.2, -0.15) is 0 Å². The van der Waals surface area contributed by atoms with E-state index in [2.05, 4.69) is 10.3 Å². The molecule has 0 aliphatic heterocycles. The number of rotatable bonds is 6. The highest BCUT2D eigenvalue weighted by atomic mass is 16.5. The fourth-order valence-electron chi connectivity index (χ4n) is 2.01. The number of ether oxygens (including phenoxy) is 2. The number of methoxy groups -OCH3 is 2. The first-order chi connectivity index (χ1) is 9.69. The Labute approximate surface area is 118 Å². The Morgan fingerprint density at radius 3 is 2.75 bits per heavy atom. The van der Waals surface area contributed by atoms with E-state index < -0.39 is 0 Å². The molecule has 1 N–H and O–H groups in total. The molecule has 0 amide bonds. The summed E-state index contributed by atoms with van der Waals surface area (Å²) in [6.07, 6.45) is 1.71. The molecule has 2 aromatic rings. The largest absolute Gasteiger partial charge is 0.497 e. The Morgan fingerprint density at radius 1 is 1.30 bits per heavy atom. The third kappa shape index (κ3) is 2.93. The van der Waals surface area contributed by atoms with Crippen LogP contribution >= 0.6 is 0 Å². The zero-order valence-corrected chi connectivity index (χ0v) is 12.3. The third-order valence-electron chi connectivity index (χ3n) is 3.08. The van der Waals surface area contributed by atoms with E-state index in [1.807, 2.05) is 32.0 Å². The van der Waals surface area contributed by atoms with Gasteiger partial charge in [0.2, 0.25) is 5.89 Å². The number of oxazole rings is 1. The standard InChI is InChI=1S/C15H20N2O3/c1-5-16-10(2)15-17-9-14(20-15)12-8-11(18-3)6-7-13(12)19-4/h6-10,16H,5H2,1-4H3. The van der Waals surface area contributed by atoms with Crippen LogP contribution in [0, 0.1) is 0 Å². The quantitative estimate of drug-likeness (QED) is 0.879. The highest BCUT2D eigenvalue weighted by Gasteiger charge is 2.15. The van der Waals surface area contributed by atoms with Gasteiger partial charge in [0.15, 0.2) is 5.76 Å². The molecule has 1 heterocycles. The molecule has 5 nitrogen and oxygen atoms in total. The first-order valence-electron chi connectivity index (χ1n) is 6.61. The molecule has 1 aromatic heterocycles. The van der Waals surface area contributed by atoms with Crippen molar-refractivity contribution in [3.63, 3.8) is 0 Å². The van der Waals surface area contributed by atoms with E-state index in [1.54, 1.807) is 20.4 Å². The molecule has 1 unspecified atom stereocenters. The van der Waals surface area contributed by atoms with Crippen molar-refractivity contribution >= 4 is 0 Å². The van der Waals surface area contributed by atoms with Crippen LogP contribution in [-0.4, -0.2) is 25.7 Å². The van der Waals surface area contributed by atoms with Gasteiger partial charge in [0, 0.05) is 0 Å². The summed E-state index contributed by atoms with van der Waals surface area (Å²) in [4.78, 5) is 4.32.